The van der Waals surface area contributed by atoms with E-state index in [2.05, 4.69) is 21.7 Å². The van der Waals surface area contributed by atoms with Gasteiger partial charge in [0, 0.05) is 30.3 Å². The van der Waals surface area contributed by atoms with Gasteiger partial charge < -0.3 is 15.4 Å². The van der Waals surface area contributed by atoms with Crippen LogP contribution in [0.3, 0.4) is 0 Å². The van der Waals surface area contributed by atoms with Crippen molar-refractivity contribution in [2.45, 2.75) is 31.7 Å². The number of amides is 2. The van der Waals surface area contributed by atoms with E-state index in [1.165, 1.54) is 5.56 Å². The summed E-state index contributed by atoms with van der Waals surface area (Å²) in [5.41, 5.74) is 2.20. The van der Waals surface area contributed by atoms with Gasteiger partial charge in [-0.15, -0.1) is 11.3 Å². The summed E-state index contributed by atoms with van der Waals surface area (Å²) in [6.07, 6.45) is 1.72. The molecule has 1 heterocycles. The number of carbonyl (C=O) groups excluding carboxylic acids is 1. The Morgan fingerprint density at radius 3 is 3.00 bits per heavy atom. The summed E-state index contributed by atoms with van der Waals surface area (Å²) in [7, 11) is 1.68. The number of para-hydroxylation sites is 1. The number of nitrogens with one attached hydrogen (secondary N) is 2. The lowest BCUT2D eigenvalue weighted by Gasteiger charge is -2.09. The maximum atomic E-state index is 11.9. The Hall–Kier alpha value is -2.08. The molecular formula is C17H21N3O2S. The van der Waals surface area contributed by atoms with Crippen molar-refractivity contribution in [2.75, 3.05) is 13.7 Å². The fourth-order valence-corrected chi connectivity index (χ4v) is 3.36. The minimum atomic E-state index is -0.112. The lowest BCUT2D eigenvalue weighted by Crippen LogP contribution is -2.38. The number of aryl methyl sites for hydroxylation is 1. The van der Waals surface area contributed by atoms with Crippen LogP contribution in [0.5, 0.6) is 5.75 Å². The Morgan fingerprint density at radius 2 is 2.26 bits per heavy atom. The first-order valence-corrected chi connectivity index (χ1v) is 8.63. The molecular weight excluding hydrogens is 310 g/mol. The fourth-order valence-electron chi connectivity index (χ4n) is 2.72. The molecule has 1 fully saturated rings. The average molecular weight is 331 g/mol. The molecule has 1 aliphatic carbocycles. The zero-order chi connectivity index (χ0) is 16.2. The quantitative estimate of drug-likeness (QED) is 0.855. The lowest BCUT2D eigenvalue weighted by atomic mass is 10.1. The number of rotatable bonds is 6. The molecule has 0 aliphatic heterocycles. The second-order valence-corrected chi connectivity index (χ2v) is 6.76. The molecule has 5 nitrogen and oxygen atoms in total. The van der Waals surface area contributed by atoms with Gasteiger partial charge in [0.05, 0.1) is 17.8 Å². The summed E-state index contributed by atoms with van der Waals surface area (Å²) in [5, 5.41) is 9.01. The van der Waals surface area contributed by atoms with E-state index in [0.717, 1.165) is 29.3 Å². The predicted octanol–water partition coefficient (Wildman–Crippen LogP) is 2.86. The number of hydrogen-bond acceptors (Lipinski definition) is 4. The number of thiazole rings is 1. The molecule has 0 spiro atoms. The standard InChI is InChI=1S/C17H21N3O2S/c1-11-19-12(10-23-11)7-8-18-17(21)20-15-9-14(15)13-5-3-4-6-16(13)22-2/h3-6,10,14-15H,7-9H2,1-2H3,(H2,18,20,21)/t14-,15-/m1/s1. The van der Waals surface area contributed by atoms with Gasteiger partial charge in [0.2, 0.25) is 0 Å². The molecule has 0 unspecified atom stereocenters. The Balaban J connectivity index is 1.43. The van der Waals surface area contributed by atoms with Crippen molar-refractivity contribution in [1.29, 1.82) is 0 Å². The normalized spacial score (nSPS) is 19.2. The maximum absolute atomic E-state index is 11.9. The zero-order valence-corrected chi connectivity index (χ0v) is 14.2. The number of nitrogens with zero attached hydrogens (tertiary/aromatic N) is 1. The first-order chi connectivity index (χ1) is 11.2. The van der Waals surface area contributed by atoms with E-state index < -0.39 is 0 Å². The van der Waals surface area contributed by atoms with Crippen LogP contribution in [0, 0.1) is 6.92 Å². The van der Waals surface area contributed by atoms with Crippen LogP contribution >= 0.6 is 11.3 Å². The van der Waals surface area contributed by atoms with Crippen LogP contribution in [-0.2, 0) is 6.42 Å². The first-order valence-electron chi connectivity index (χ1n) is 7.75. The number of hydrogen-bond donors (Lipinski definition) is 2. The summed E-state index contributed by atoms with van der Waals surface area (Å²) >= 11 is 1.63. The van der Waals surface area contributed by atoms with Gasteiger partial charge in [-0.2, -0.15) is 0 Å². The number of urea groups is 1. The molecule has 2 aromatic rings. The number of aromatic nitrogens is 1. The van der Waals surface area contributed by atoms with Crippen molar-refractivity contribution in [2.24, 2.45) is 0 Å². The van der Waals surface area contributed by atoms with Crippen LogP contribution in [0.1, 0.15) is 28.6 Å². The number of carbonyl (C=O) groups is 1. The molecule has 2 amide bonds. The minimum Gasteiger partial charge on any atom is -0.496 e. The van der Waals surface area contributed by atoms with Gasteiger partial charge in [0.25, 0.3) is 0 Å². The van der Waals surface area contributed by atoms with Gasteiger partial charge >= 0.3 is 6.03 Å². The van der Waals surface area contributed by atoms with Crippen LogP contribution in [-0.4, -0.2) is 30.7 Å². The number of benzene rings is 1. The van der Waals surface area contributed by atoms with Crippen LogP contribution in [0.15, 0.2) is 29.6 Å². The molecule has 0 radical (unpaired) electrons. The number of ether oxygens (including phenoxy) is 1. The smallest absolute Gasteiger partial charge is 0.315 e. The molecule has 2 N–H and O–H groups in total. The molecule has 1 aromatic carbocycles. The van der Waals surface area contributed by atoms with Crippen molar-refractivity contribution in [3.63, 3.8) is 0 Å². The second-order valence-electron chi connectivity index (χ2n) is 5.70. The van der Waals surface area contributed by atoms with Crippen molar-refractivity contribution in [3.8, 4) is 5.75 Å². The van der Waals surface area contributed by atoms with Crippen molar-refractivity contribution >= 4 is 17.4 Å². The third-order valence-electron chi connectivity index (χ3n) is 3.98. The van der Waals surface area contributed by atoms with E-state index in [9.17, 15) is 4.79 Å². The van der Waals surface area contributed by atoms with Gasteiger partial charge in [-0.25, -0.2) is 9.78 Å². The summed E-state index contributed by atoms with van der Waals surface area (Å²) in [5.74, 6) is 1.24. The van der Waals surface area contributed by atoms with Gasteiger partial charge in [0.15, 0.2) is 0 Å². The largest absolute Gasteiger partial charge is 0.496 e. The summed E-state index contributed by atoms with van der Waals surface area (Å²) in [4.78, 5) is 16.3. The highest BCUT2D eigenvalue weighted by Crippen LogP contribution is 2.44. The third kappa shape index (κ3) is 4.01. The molecule has 122 valence electrons. The van der Waals surface area contributed by atoms with Gasteiger partial charge in [-0.3, -0.25) is 0 Å². The average Bonchev–Trinajstić information content (AvgIpc) is 3.18. The van der Waals surface area contributed by atoms with E-state index >= 15 is 0 Å². The Kier molecular flexibility index (Phi) is 4.81. The molecule has 23 heavy (non-hydrogen) atoms. The van der Waals surface area contributed by atoms with E-state index in [1.807, 2.05) is 30.5 Å². The topological polar surface area (TPSA) is 63.2 Å². The predicted molar refractivity (Wildman–Crippen MR) is 91.2 cm³/mol. The molecule has 2 atom stereocenters. The summed E-state index contributed by atoms with van der Waals surface area (Å²) in [6, 6.07) is 8.06. The van der Waals surface area contributed by atoms with Crippen LogP contribution in [0.25, 0.3) is 0 Å². The molecule has 1 aliphatic rings. The minimum absolute atomic E-state index is 0.112. The molecule has 1 saturated carbocycles. The molecule has 1 aromatic heterocycles. The highest BCUT2D eigenvalue weighted by atomic mass is 32.1. The van der Waals surface area contributed by atoms with Gasteiger partial charge in [-0.1, -0.05) is 18.2 Å². The summed E-state index contributed by atoms with van der Waals surface area (Å²) < 4.78 is 5.38. The second kappa shape index (κ2) is 7.00. The third-order valence-corrected chi connectivity index (χ3v) is 4.80. The molecule has 0 bridgehead atoms. The van der Waals surface area contributed by atoms with Crippen molar-refractivity contribution in [1.82, 2.24) is 15.6 Å². The van der Waals surface area contributed by atoms with E-state index in [1.54, 1.807) is 18.4 Å². The van der Waals surface area contributed by atoms with Gasteiger partial charge in [0.1, 0.15) is 5.75 Å². The monoisotopic (exact) mass is 331 g/mol. The maximum Gasteiger partial charge on any atom is 0.315 e. The highest BCUT2D eigenvalue weighted by Gasteiger charge is 2.41. The number of methoxy groups -OCH3 is 1. The zero-order valence-electron chi connectivity index (χ0n) is 13.3. The molecule has 3 rings (SSSR count). The lowest BCUT2D eigenvalue weighted by molar-refractivity contribution is 0.240. The molecule has 0 saturated heterocycles. The van der Waals surface area contributed by atoms with Crippen LogP contribution in [0.4, 0.5) is 4.79 Å². The summed E-state index contributed by atoms with van der Waals surface area (Å²) in [6.45, 7) is 2.58. The van der Waals surface area contributed by atoms with Crippen LogP contribution in [0.2, 0.25) is 0 Å². The Morgan fingerprint density at radius 1 is 1.43 bits per heavy atom. The van der Waals surface area contributed by atoms with E-state index in [4.69, 9.17) is 4.74 Å². The van der Waals surface area contributed by atoms with E-state index in [0.29, 0.717) is 12.5 Å². The van der Waals surface area contributed by atoms with E-state index in [-0.39, 0.29) is 12.1 Å². The molecule has 6 heteroatoms. The van der Waals surface area contributed by atoms with Crippen LogP contribution < -0.4 is 15.4 Å². The SMILES string of the molecule is COc1ccccc1[C@H]1C[C@H]1NC(=O)NCCc1csc(C)n1. The Bertz CT molecular complexity index is 686. The highest BCUT2D eigenvalue weighted by molar-refractivity contribution is 7.09. The first kappa shape index (κ1) is 15.8. The van der Waals surface area contributed by atoms with Crippen molar-refractivity contribution in [3.05, 3.63) is 45.9 Å². The van der Waals surface area contributed by atoms with Gasteiger partial charge in [-0.05, 0) is 25.0 Å². The fraction of sp³-hybridized carbons (Fsp3) is 0.412. The Labute approximate surface area is 140 Å². The van der Waals surface area contributed by atoms with Crippen molar-refractivity contribution < 1.29 is 9.53 Å².